The van der Waals surface area contributed by atoms with Gasteiger partial charge in [-0.15, -0.1) is 0 Å². The largest absolute Gasteiger partial charge is 0.418 e. The van der Waals surface area contributed by atoms with Gasteiger partial charge in [-0.2, -0.15) is 13.2 Å². The number of hydrogen-bond donors (Lipinski definition) is 1. The van der Waals surface area contributed by atoms with Crippen molar-refractivity contribution >= 4 is 22.6 Å². The Labute approximate surface area is 141 Å². The maximum atomic E-state index is 13.0. The third-order valence-corrected chi connectivity index (χ3v) is 4.00. The molecule has 7 heteroatoms. The first kappa shape index (κ1) is 17.0. The lowest BCUT2D eigenvalue weighted by molar-refractivity contribution is -0.137. The molecule has 0 spiro atoms. The van der Waals surface area contributed by atoms with E-state index in [0.717, 1.165) is 17.2 Å². The van der Waals surface area contributed by atoms with Gasteiger partial charge in [-0.05, 0) is 49.2 Å². The van der Waals surface area contributed by atoms with Gasteiger partial charge in [0.05, 0.1) is 17.7 Å². The smallest absolute Gasteiger partial charge is 0.356 e. The fourth-order valence-electron chi connectivity index (χ4n) is 2.56. The highest BCUT2D eigenvalue weighted by atomic mass is 19.4. The zero-order chi connectivity index (χ0) is 18.2. The summed E-state index contributed by atoms with van der Waals surface area (Å²) in [6, 6.07) is 8.52. The van der Waals surface area contributed by atoms with Gasteiger partial charge in [-0.1, -0.05) is 17.3 Å². The fraction of sp³-hybridized carbons (Fsp3) is 0.222. The molecule has 0 fully saturated rings. The Kier molecular flexibility index (Phi) is 4.24. The molecule has 0 saturated heterocycles. The standard InChI is InChI=1S/C18H15F3N2O2/c1-10-7-12-15(23-25-16(12)8-11(10)2)9-17(24)22-14-6-4-3-5-13(14)18(19,20)21/h3-8H,9H2,1-2H3,(H,22,24). The van der Waals surface area contributed by atoms with E-state index in [1.54, 1.807) is 0 Å². The molecule has 1 N–H and O–H groups in total. The minimum absolute atomic E-state index is 0.179. The molecule has 0 bridgehead atoms. The summed E-state index contributed by atoms with van der Waals surface area (Å²) in [6.07, 6.45) is -4.72. The lowest BCUT2D eigenvalue weighted by Gasteiger charge is -2.13. The summed E-state index contributed by atoms with van der Waals surface area (Å²) in [6.45, 7) is 3.85. The number of anilines is 1. The van der Waals surface area contributed by atoms with E-state index in [9.17, 15) is 18.0 Å². The molecule has 1 amide bonds. The minimum Gasteiger partial charge on any atom is -0.356 e. The first-order valence-electron chi connectivity index (χ1n) is 7.57. The number of rotatable bonds is 3. The van der Waals surface area contributed by atoms with Crippen molar-refractivity contribution in [2.24, 2.45) is 0 Å². The molecule has 0 aliphatic rings. The minimum atomic E-state index is -4.54. The summed E-state index contributed by atoms with van der Waals surface area (Å²) >= 11 is 0. The van der Waals surface area contributed by atoms with Crippen LogP contribution in [0.5, 0.6) is 0 Å². The molecule has 4 nitrogen and oxygen atoms in total. The molecule has 0 unspecified atom stereocenters. The SMILES string of the molecule is Cc1cc2onc(CC(=O)Nc3ccccc3C(F)(F)F)c2cc1C. The van der Waals surface area contributed by atoms with Gasteiger partial charge in [0, 0.05) is 5.39 Å². The molecule has 25 heavy (non-hydrogen) atoms. The van der Waals surface area contributed by atoms with Gasteiger partial charge in [-0.25, -0.2) is 0 Å². The summed E-state index contributed by atoms with van der Waals surface area (Å²) < 4.78 is 44.2. The number of hydrogen-bond acceptors (Lipinski definition) is 3. The van der Waals surface area contributed by atoms with E-state index >= 15 is 0 Å². The van der Waals surface area contributed by atoms with E-state index in [2.05, 4.69) is 10.5 Å². The zero-order valence-corrected chi connectivity index (χ0v) is 13.6. The van der Waals surface area contributed by atoms with Gasteiger partial charge < -0.3 is 9.84 Å². The van der Waals surface area contributed by atoms with Gasteiger partial charge in [0.15, 0.2) is 5.58 Å². The second-order valence-electron chi connectivity index (χ2n) is 5.83. The summed E-state index contributed by atoms with van der Waals surface area (Å²) in [5, 5.41) is 6.86. The van der Waals surface area contributed by atoms with Gasteiger partial charge in [-0.3, -0.25) is 4.79 Å². The van der Waals surface area contributed by atoms with Crippen LogP contribution in [0.4, 0.5) is 18.9 Å². The van der Waals surface area contributed by atoms with Crippen molar-refractivity contribution < 1.29 is 22.5 Å². The fourth-order valence-corrected chi connectivity index (χ4v) is 2.56. The van der Waals surface area contributed by atoms with Crippen molar-refractivity contribution in [2.75, 3.05) is 5.32 Å². The Morgan fingerprint density at radius 1 is 1.16 bits per heavy atom. The van der Waals surface area contributed by atoms with Crippen molar-refractivity contribution in [1.29, 1.82) is 0 Å². The number of carbonyl (C=O) groups is 1. The van der Waals surface area contributed by atoms with E-state index in [1.165, 1.54) is 18.2 Å². The predicted octanol–water partition coefficient (Wildman–Crippen LogP) is 4.64. The van der Waals surface area contributed by atoms with Crippen molar-refractivity contribution in [1.82, 2.24) is 5.16 Å². The van der Waals surface area contributed by atoms with Crippen LogP contribution in [0.1, 0.15) is 22.4 Å². The van der Waals surface area contributed by atoms with Crippen LogP contribution in [0.3, 0.4) is 0 Å². The van der Waals surface area contributed by atoms with Crippen molar-refractivity contribution in [3.8, 4) is 0 Å². The van der Waals surface area contributed by atoms with E-state index in [4.69, 9.17) is 4.52 Å². The summed E-state index contributed by atoms with van der Waals surface area (Å²) in [5.74, 6) is -0.592. The lowest BCUT2D eigenvalue weighted by atomic mass is 10.1. The maximum absolute atomic E-state index is 13.0. The highest BCUT2D eigenvalue weighted by Gasteiger charge is 2.33. The van der Waals surface area contributed by atoms with Crippen LogP contribution in [-0.2, 0) is 17.4 Å². The van der Waals surface area contributed by atoms with E-state index < -0.39 is 17.6 Å². The number of aryl methyl sites for hydroxylation is 2. The Balaban J connectivity index is 1.84. The number of nitrogens with zero attached hydrogens (tertiary/aromatic N) is 1. The van der Waals surface area contributed by atoms with Gasteiger partial charge >= 0.3 is 6.18 Å². The summed E-state index contributed by atoms with van der Waals surface area (Å²) in [5.41, 5.74) is 1.81. The molecule has 2 aromatic carbocycles. The number of aromatic nitrogens is 1. The highest BCUT2D eigenvalue weighted by Crippen LogP contribution is 2.34. The number of carbonyl (C=O) groups excluding carboxylic acids is 1. The number of halogens is 3. The van der Waals surface area contributed by atoms with Crippen molar-refractivity contribution in [3.05, 3.63) is 58.8 Å². The Bertz CT molecular complexity index is 945. The highest BCUT2D eigenvalue weighted by molar-refractivity contribution is 5.95. The Morgan fingerprint density at radius 2 is 1.84 bits per heavy atom. The quantitative estimate of drug-likeness (QED) is 0.750. The third kappa shape index (κ3) is 3.50. The second kappa shape index (κ2) is 6.23. The third-order valence-electron chi connectivity index (χ3n) is 4.00. The van der Waals surface area contributed by atoms with E-state index in [-0.39, 0.29) is 12.1 Å². The summed E-state index contributed by atoms with van der Waals surface area (Å²) in [7, 11) is 0. The molecule has 0 aliphatic carbocycles. The monoisotopic (exact) mass is 348 g/mol. The summed E-state index contributed by atoms with van der Waals surface area (Å²) in [4.78, 5) is 12.2. The average molecular weight is 348 g/mol. The van der Waals surface area contributed by atoms with Crippen LogP contribution < -0.4 is 5.32 Å². The lowest BCUT2D eigenvalue weighted by Crippen LogP contribution is -2.18. The second-order valence-corrected chi connectivity index (χ2v) is 5.83. The molecule has 3 rings (SSSR count). The van der Waals surface area contributed by atoms with Crippen LogP contribution in [0.15, 0.2) is 40.9 Å². The zero-order valence-electron chi connectivity index (χ0n) is 13.6. The molecule has 0 atom stereocenters. The molecular weight excluding hydrogens is 333 g/mol. The number of benzene rings is 2. The molecule has 130 valence electrons. The van der Waals surface area contributed by atoms with Crippen LogP contribution in [0.25, 0.3) is 11.0 Å². The van der Waals surface area contributed by atoms with Gasteiger partial charge in [0.1, 0.15) is 5.69 Å². The number of para-hydroxylation sites is 1. The first-order valence-corrected chi connectivity index (χ1v) is 7.57. The first-order chi connectivity index (χ1) is 11.8. The van der Waals surface area contributed by atoms with Crippen molar-refractivity contribution in [2.45, 2.75) is 26.4 Å². The van der Waals surface area contributed by atoms with E-state index in [0.29, 0.717) is 16.7 Å². The van der Waals surface area contributed by atoms with E-state index in [1.807, 2.05) is 26.0 Å². The normalized spacial score (nSPS) is 11.7. The van der Waals surface area contributed by atoms with Gasteiger partial charge in [0.25, 0.3) is 0 Å². The molecule has 0 saturated carbocycles. The van der Waals surface area contributed by atoms with Crippen LogP contribution in [0, 0.1) is 13.8 Å². The van der Waals surface area contributed by atoms with Crippen LogP contribution >= 0.6 is 0 Å². The predicted molar refractivity (Wildman–Crippen MR) is 87.3 cm³/mol. The Morgan fingerprint density at radius 3 is 2.56 bits per heavy atom. The molecule has 3 aromatic rings. The molecule has 0 aliphatic heterocycles. The molecule has 0 radical (unpaired) electrons. The molecular formula is C18H15F3N2O2. The van der Waals surface area contributed by atoms with Crippen molar-refractivity contribution in [3.63, 3.8) is 0 Å². The average Bonchev–Trinajstić information content (AvgIpc) is 2.89. The number of fused-ring (bicyclic) bond motifs is 1. The number of alkyl halides is 3. The molecule has 1 aromatic heterocycles. The number of amides is 1. The molecule has 1 heterocycles. The van der Waals surface area contributed by atoms with Crippen LogP contribution in [-0.4, -0.2) is 11.1 Å². The maximum Gasteiger partial charge on any atom is 0.418 e. The van der Waals surface area contributed by atoms with Crippen LogP contribution in [0.2, 0.25) is 0 Å². The topological polar surface area (TPSA) is 55.1 Å². The Hall–Kier alpha value is -2.83. The van der Waals surface area contributed by atoms with Gasteiger partial charge in [0.2, 0.25) is 5.91 Å². The number of nitrogens with one attached hydrogen (secondary N) is 1.